The van der Waals surface area contributed by atoms with Gasteiger partial charge in [-0.15, -0.1) is 0 Å². The molecule has 2 atom stereocenters. The summed E-state index contributed by atoms with van der Waals surface area (Å²) in [6.07, 6.45) is 1.76. The fraction of sp³-hybridized carbons (Fsp3) is 0.857. The van der Waals surface area contributed by atoms with Crippen LogP contribution in [0.15, 0.2) is 0 Å². The average Bonchev–Trinajstić information content (AvgIpc) is 2.26. The van der Waals surface area contributed by atoms with Crippen molar-refractivity contribution in [1.29, 1.82) is 0 Å². The Labute approximate surface area is 114 Å². The average molecular weight is 271 g/mol. The molecule has 0 bridgehead atoms. The molecule has 5 heteroatoms. The van der Waals surface area contributed by atoms with Crippen molar-refractivity contribution in [2.24, 2.45) is 11.8 Å². The van der Waals surface area contributed by atoms with Crippen molar-refractivity contribution in [3.05, 3.63) is 0 Å². The molecule has 0 radical (unpaired) electrons. The highest BCUT2D eigenvalue weighted by molar-refractivity contribution is 5.68. The Morgan fingerprint density at radius 2 is 2.05 bits per heavy atom. The molecule has 1 heterocycles. The summed E-state index contributed by atoms with van der Waals surface area (Å²) in [7, 11) is 0. The first kappa shape index (κ1) is 15.8. The minimum absolute atomic E-state index is 0.0859. The van der Waals surface area contributed by atoms with Gasteiger partial charge >= 0.3 is 12.1 Å². The zero-order chi connectivity index (χ0) is 14.6. The standard InChI is InChI=1S/C14H25NO4/c1-10(8-12(16)17)11-6-5-7-15(9-11)13(18)19-14(2,3)4/h10-11H,5-9H2,1-4H3,(H,16,17). The molecule has 0 aliphatic carbocycles. The molecule has 1 N–H and O–H groups in total. The third-order valence-electron chi connectivity index (χ3n) is 3.41. The molecule has 2 unspecified atom stereocenters. The van der Waals surface area contributed by atoms with Crippen LogP contribution in [-0.4, -0.2) is 40.8 Å². The van der Waals surface area contributed by atoms with E-state index in [0.717, 1.165) is 12.8 Å². The molecule has 0 spiro atoms. The third-order valence-corrected chi connectivity index (χ3v) is 3.41. The highest BCUT2D eigenvalue weighted by atomic mass is 16.6. The molecule has 0 saturated carbocycles. The van der Waals surface area contributed by atoms with E-state index < -0.39 is 11.6 Å². The van der Waals surface area contributed by atoms with E-state index in [2.05, 4.69) is 0 Å². The summed E-state index contributed by atoms with van der Waals surface area (Å²) in [5.74, 6) is -0.443. The predicted octanol–water partition coefficient (Wildman–Crippen LogP) is 2.74. The highest BCUT2D eigenvalue weighted by Crippen LogP contribution is 2.27. The van der Waals surface area contributed by atoms with Gasteiger partial charge in [0.05, 0.1) is 0 Å². The molecule has 1 amide bonds. The smallest absolute Gasteiger partial charge is 0.410 e. The molecule has 1 fully saturated rings. The van der Waals surface area contributed by atoms with Crippen LogP contribution in [0.1, 0.15) is 47.0 Å². The minimum Gasteiger partial charge on any atom is -0.481 e. The van der Waals surface area contributed by atoms with Gasteiger partial charge in [-0.1, -0.05) is 6.92 Å². The van der Waals surface area contributed by atoms with Gasteiger partial charge in [0.15, 0.2) is 0 Å². The number of carbonyl (C=O) groups is 2. The molecule has 5 nitrogen and oxygen atoms in total. The molecule has 0 aromatic rings. The normalized spacial score (nSPS) is 21.9. The first-order valence-corrected chi connectivity index (χ1v) is 6.89. The molecular weight excluding hydrogens is 246 g/mol. The number of carbonyl (C=O) groups excluding carboxylic acids is 1. The maximum atomic E-state index is 12.0. The third kappa shape index (κ3) is 5.49. The Morgan fingerprint density at radius 1 is 1.42 bits per heavy atom. The summed E-state index contributed by atoms with van der Waals surface area (Å²) in [5, 5.41) is 8.84. The number of carboxylic acids is 1. The van der Waals surface area contributed by atoms with E-state index >= 15 is 0 Å². The maximum Gasteiger partial charge on any atom is 0.410 e. The van der Waals surface area contributed by atoms with Gasteiger partial charge in [0.1, 0.15) is 5.60 Å². The fourth-order valence-corrected chi connectivity index (χ4v) is 2.41. The zero-order valence-electron chi connectivity index (χ0n) is 12.3. The number of hydrogen-bond donors (Lipinski definition) is 1. The van der Waals surface area contributed by atoms with Crippen molar-refractivity contribution in [1.82, 2.24) is 4.90 Å². The van der Waals surface area contributed by atoms with E-state index in [1.165, 1.54) is 0 Å². The lowest BCUT2D eigenvalue weighted by Crippen LogP contribution is -2.44. The second kappa shape index (κ2) is 6.26. The molecular formula is C14H25NO4. The number of likely N-dealkylation sites (tertiary alicyclic amines) is 1. The largest absolute Gasteiger partial charge is 0.481 e. The van der Waals surface area contributed by atoms with E-state index in [1.54, 1.807) is 4.90 Å². The number of piperidine rings is 1. The molecule has 1 aliphatic rings. The summed E-state index contributed by atoms with van der Waals surface area (Å²) in [6.45, 7) is 8.78. The van der Waals surface area contributed by atoms with Crippen LogP contribution in [-0.2, 0) is 9.53 Å². The van der Waals surface area contributed by atoms with Crippen molar-refractivity contribution in [2.45, 2.75) is 52.6 Å². The summed E-state index contributed by atoms with van der Waals surface area (Å²) in [4.78, 5) is 24.4. The van der Waals surface area contributed by atoms with Gasteiger partial charge in [-0.25, -0.2) is 4.79 Å². The molecule has 1 rings (SSSR count). The molecule has 0 aromatic heterocycles. The fourth-order valence-electron chi connectivity index (χ4n) is 2.41. The summed E-state index contributed by atoms with van der Waals surface area (Å²) < 4.78 is 5.36. The number of aliphatic carboxylic acids is 1. The summed E-state index contributed by atoms with van der Waals surface area (Å²) in [6, 6.07) is 0. The van der Waals surface area contributed by atoms with Crippen molar-refractivity contribution < 1.29 is 19.4 Å². The lowest BCUT2D eigenvalue weighted by Gasteiger charge is -2.36. The minimum atomic E-state index is -0.776. The predicted molar refractivity (Wildman–Crippen MR) is 71.9 cm³/mol. The number of nitrogens with zero attached hydrogens (tertiary/aromatic N) is 1. The lowest BCUT2D eigenvalue weighted by molar-refractivity contribution is -0.138. The summed E-state index contributed by atoms with van der Waals surface area (Å²) >= 11 is 0. The topological polar surface area (TPSA) is 66.8 Å². The number of carboxylic acid groups (broad SMARTS) is 1. The van der Waals surface area contributed by atoms with Gasteiger partial charge in [-0.3, -0.25) is 4.79 Å². The van der Waals surface area contributed by atoms with Crippen LogP contribution < -0.4 is 0 Å². The lowest BCUT2D eigenvalue weighted by atomic mass is 9.85. The highest BCUT2D eigenvalue weighted by Gasteiger charge is 2.30. The monoisotopic (exact) mass is 271 g/mol. The number of amides is 1. The van der Waals surface area contributed by atoms with Gasteiger partial charge in [0.25, 0.3) is 0 Å². The van der Waals surface area contributed by atoms with Crippen LogP contribution in [0.4, 0.5) is 4.79 Å². The zero-order valence-corrected chi connectivity index (χ0v) is 12.3. The van der Waals surface area contributed by atoms with Gasteiger partial charge < -0.3 is 14.7 Å². The van der Waals surface area contributed by atoms with E-state index in [1.807, 2.05) is 27.7 Å². The quantitative estimate of drug-likeness (QED) is 0.857. The van der Waals surface area contributed by atoms with Crippen LogP contribution in [0.2, 0.25) is 0 Å². The SMILES string of the molecule is CC(CC(=O)O)C1CCCN(C(=O)OC(C)(C)C)C1. The van der Waals surface area contributed by atoms with Crippen molar-refractivity contribution in [3.8, 4) is 0 Å². The van der Waals surface area contributed by atoms with E-state index in [-0.39, 0.29) is 24.3 Å². The number of rotatable bonds is 3. The van der Waals surface area contributed by atoms with Gasteiger partial charge in [-0.2, -0.15) is 0 Å². The van der Waals surface area contributed by atoms with Gasteiger partial charge in [-0.05, 0) is 45.4 Å². The first-order chi connectivity index (χ1) is 8.69. The molecule has 1 saturated heterocycles. The number of hydrogen-bond acceptors (Lipinski definition) is 3. The molecule has 110 valence electrons. The Morgan fingerprint density at radius 3 is 2.58 bits per heavy atom. The Hall–Kier alpha value is -1.26. The Kier molecular flexibility index (Phi) is 5.20. The van der Waals surface area contributed by atoms with Crippen molar-refractivity contribution in [3.63, 3.8) is 0 Å². The van der Waals surface area contributed by atoms with Gasteiger partial charge in [0.2, 0.25) is 0 Å². The van der Waals surface area contributed by atoms with E-state index in [0.29, 0.717) is 13.1 Å². The Balaban J connectivity index is 2.54. The first-order valence-electron chi connectivity index (χ1n) is 6.89. The van der Waals surface area contributed by atoms with Crippen LogP contribution in [0.3, 0.4) is 0 Å². The van der Waals surface area contributed by atoms with E-state index in [9.17, 15) is 9.59 Å². The van der Waals surface area contributed by atoms with Crippen molar-refractivity contribution >= 4 is 12.1 Å². The van der Waals surface area contributed by atoms with Crippen LogP contribution in [0.5, 0.6) is 0 Å². The number of ether oxygens (including phenoxy) is 1. The van der Waals surface area contributed by atoms with Crippen molar-refractivity contribution in [2.75, 3.05) is 13.1 Å². The van der Waals surface area contributed by atoms with Crippen LogP contribution >= 0.6 is 0 Å². The summed E-state index contributed by atoms with van der Waals surface area (Å²) in [5.41, 5.74) is -0.489. The van der Waals surface area contributed by atoms with Crippen LogP contribution in [0, 0.1) is 11.8 Å². The van der Waals surface area contributed by atoms with E-state index in [4.69, 9.17) is 9.84 Å². The maximum absolute atomic E-state index is 12.0. The van der Waals surface area contributed by atoms with Gasteiger partial charge in [0, 0.05) is 19.5 Å². The molecule has 19 heavy (non-hydrogen) atoms. The second-order valence-corrected chi connectivity index (χ2v) is 6.40. The second-order valence-electron chi connectivity index (χ2n) is 6.40. The molecule has 0 aromatic carbocycles. The van der Waals surface area contributed by atoms with Crippen LogP contribution in [0.25, 0.3) is 0 Å². The molecule has 1 aliphatic heterocycles. The Bertz CT molecular complexity index is 335.